The molecule has 0 fully saturated rings. The van der Waals surface area contributed by atoms with Gasteiger partial charge in [-0.1, -0.05) is 29.4 Å². The molecule has 1 aliphatic rings. The van der Waals surface area contributed by atoms with E-state index in [9.17, 15) is 9.18 Å². The minimum absolute atomic E-state index is 0.00288. The van der Waals surface area contributed by atoms with Crippen LogP contribution in [0.25, 0.3) is 0 Å². The molecule has 6 nitrogen and oxygen atoms in total. The van der Waals surface area contributed by atoms with Crippen LogP contribution in [-0.2, 0) is 11.4 Å². The molecule has 7 heteroatoms. The Hall–Kier alpha value is -3.09. The summed E-state index contributed by atoms with van der Waals surface area (Å²) in [6, 6.07) is 13.6. The van der Waals surface area contributed by atoms with Crippen molar-refractivity contribution in [1.82, 2.24) is 10.2 Å². The lowest BCUT2D eigenvalue weighted by atomic mass is 10.0. The lowest BCUT2D eigenvalue weighted by Gasteiger charge is -2.26. The third kappa shape index (κ3) is 5.47. The summed E-state index contributed by atoms with van der Waals surface area (Å²) >= 11 is 0. The molecule has 0 spiro atoms. The van der Waals surface area contributed by atoms with Crippen LogP contribution in [0, 0.1) is 5.82 Å². The zero-order valence-electron chi connectivity index (χ0n) is 16.9. The van der Waals surface area contributed by atoms with E-state index < -0.39 is 0 Å². The van der Waals surface area contributed by atoms with Gasteiger partial charge in [0.15, 0.2) is 6.10 Å². The highest BCUT2D eigenvalue weighted by Gasteiger charge is 2.28. The van der Waals surface area contributed by atoms with E-state index in [4.69, 9.17) is 9.57 Å². The van der Waals surface area contributed by atoms with Crippen LogP contribution in [0.2, 0.25) is 0 Å². The van der Waals surface area contributed by atoms with Crippen molar-refractivity contribution in [3.8, 4) is 5.75 Å². The molecule has 1 atom stereocenters. The minimum Gasteiger partial charge on any atom is -0.496 e. The quantitative estimate of drug-likeness (QED) is 0.767. The molecule has 1 heterocycles. The Labute approximate surface area is 170 Å². The fourth-order valence-electron chi connectivity index (χ4n) is 3.18. The summed E-state index contributed by atoms with van der Waals surface area (Å²) in [6.07, 6.45) is 0.295. The Morgan fingerprint density at radius 3 is 2.69 bits per heavy atom. The summed E-state index contributed by atoms with van der Waals surface area (Å²) < 4.78 is 18.6. The number of rotatable bonds is 7. The molecule has 3 rings (SSSR count). The molecule has 1 N–H and O–H groups in total. The van der Waals surface area contributed by atoms with Gasteiger partial charge >= 0.3 is 6.03 Å². The van der Waals surface area contributed by atoms with Gasteiger partial charge in [0, 0.05) is 24.6 Å². The van der Waals surface area contributed by atoms with E-state index in [-0.39, 0.29) is 24.0 Å². The van der Waals surface area contributed by atoms with E-state index in [1.807, 2.05) is 38.1 Å². The molecule has 0 unspecified atom stereocenters. The number of para-hydroxylation sites is 1. The van der Waals surface area contributed by atoms with E-state index >= 15 is 0 Å². The maximum absolute atomic E-state index is 13.2. The van der Waals surface area contributed by atoms with Gasteiger partial charge in [-0.2, -0.15) is 0 Å². The van der Waals surface area contributed by atoms with Crippen LogP contribution in [0.3, 0.4) is 0 Å². The first-order valence-electron chi connectivity index (χ1n) is 9.62. The van der Waals surface area contributed by atoms with Gasteiger partial charge in [-0.3, -0.25) is 0 Å². The summed E-state index contributed by atoms with van der Waals surface area (Å²) in [7, 11) is 1.62. The number of urea groups is 1. The van der Waals surface area contributed by atoms with Gasteiger partial charge in [-0.25, -0.2) is 9.18 Å². The summed E-state index contributed by atoms with van der Waals surface area (Å²) in [6.45, 7) is 4.52. The van der Waals surface area contributed by atoms with Crippen molar-refractivity contribution < 1.29 is 18.8 Å². The fourth-order valence-corrected chi connectivity index (χ4v) is 3.18. The molecule has 0 saturated carbocycles. The molecule has 1 aliphatic heterocycles. The SMILES string of the molecule is COc1ccccc1C1=NO[C@H](CN(Cc2ccc(F)cc2)C(=O)NC(C)C)C1. The Bertz CT molecular complexity index is 868. The Morgan fingerprint density at radius 1 is 1.28 bits per heavy atom. The molecule has 29 heavy (non-hydrogen) atoms. The summed E-state index contributed by atoms with van der Waals surface area (Å²) in [5.74, 6) is 0.428. The molecule has 0 bridgehead atoms. The number of carbonyl (C=O) groups is 1. The largest absolute Gasteiger partial charge is 0.496 e. The van der Waals surface area contributed by atoms with E-state index in [0.717, 1.165) is 22.6 Å². The molecule has 2 amide bonds. The van der Waals surface area contributed by atoms with Crippen molar-refractivity contribution in [1.29, 1.82) is 0 Å². The highest BCUT2D eigenvalue weighted by molar-refractivity contribution is 6.03. The first-order chi connectivity index (χ1) is 14.0. The molecule has 0 aliphatic carbocycles. The third-order valence-corrected chi connectivity index (χ3v) is 4.56. The standard InChI is InChI=1S/C22H26FN3O3/c1-15(2)24-22(27)26(13-16-8-10-17(23)11-9-16)14-18-12-20(25-29-18)19-6-4-5-7-21(19)28-3/h4-11,15,18H,12-14H2,1-3H3,(H,24,27)/t18-/m0/s1. The Balaban J connectivity index is 1.69. The van der Waals surface area contributed by atoms with Crippen molar-refractivity contribution in [2.24, 2.45) is 5.16 Å². The zero-order chi connectivity index (χ0) is 20.8. The first kappa shape index (κ1) is 20.6. The Morgan fingerprint density at radius 2 is 2.00 bits per heavy atom. The maximum Gasteiger partial charge on any atom is 0.318 e. The first-order valence-corrected chi connectivity index (χ1v) is 9.62. The van der Waals surface area contributed by atoms with Gasteiger partial charge in [-0.15, -0.1) is 0 Å². The van der Waals surface area contributed by atoms with Crippen LogP contribution in [-0.4, -0.2) is 42.4 Å². The van der Waals surface area contributed by atoms with Crippen molar-refractivity contribution in [3.63, 3.8) is 0 Å². The van der Waals surface area contributed by atoms with Crippen LogP contribution >= 0.6 is 0 Å². The number of carbonyl (C=O) groups excluding carboxylic acids is 1. The molecule has 2 aromatic carbocycles. The van der Waals surface area contributed by atoms with Crippen molar-refractivity contribution >= 4 is 11.7 Å². The smallest absolute Gasteiger partial charge is 0.318 e. The summed E-state index contributed by atoms with van der Waals surface area (Å²) in [4.78, 5) is 20.0. The second-order valence-corrected chi connectivity index (χ2v) is 7.28. The maximum atomic E-state index is 13.2. The molecule has 0 aromatic heterocycles. The van der Waals surface area contributed by atoms with E-state index in [2.05, 4.69) is 10.5 Å². The number of nitrogens with one attached hydrogen (secondary N) is 1. The van der Waals surface area contributed by atoms with Crippen LogP contribution < -0.4 is 10.1 Å². The number of halogens is 1. The zero-order valence-corrected chi connectivity index (χ0v) is 16.9. The van der Waals surface area contributed by atoms with Crippen molar-refractivity contribution in [2.75, 3.05) is 13.7 Å². The van der Waals surface area contributed by atoms with E-state index in [1.54, 1.807) is 24.1 Å². The fraction of sp³-hybridized carbons (Fsp3) is 0.364. The average Bonchev–Trinajstić information content (AvgIpc) is 3.17. The number of hydrogen-bond donors (Lipinski definition) is 1. The number of ether oxygens (including phenoxy) is 1. The number of oxime groups is 1. The van der Waals surface area contributed by atoms with Crippen LogP contribution in [0.5, 0.6) is 5.75 Å². The normalized spacial score (nSPS) is 15.6. The average molecular weight is 399 g/mol. The second kappa shape index (κ2) is 9.41. The van der Waals surface area contributed by atoms with Crippen molar-refractivity contribution in [3.05, 3.63) is 65.5 Å². The van der Waals surface area contributed by atoms with Crippen LogP contribution in [0.4, 0.5) is 9.18 Å². The van der Waals surface area contributed by atoms with Crippen molar-refractivity contribution in [2.45, 2.75) is 39.0 Å². The van der Waals surface area contributed by atoms with Crippen LogP contribution in [0.15, 0.2) is 53.7 Å². The predicted octanol–water partition coefficient (Wildman–Crippen LogP) is 3.95. The molecule has 0 radical (unpaired) electrons. The van der Waals surface area contributed by atoms with Gasteiger partial charge in [0.2, 0.25) is 0 Å². The minimum atomic E-state index is -0.305. The number of hydrogen-bond acceptors (Lipinski definition) is 4. The van der Waals surface area contributed by atoms with Gasteiger partial charge in [0.25, 0.3) is 0 Å². The second-order valence-electron chi connectivity index (χ2n) is 7.28. The number of nitrogens with zero attached hydrogens (tertiary/aromatic N) is 2. The number of benzene rings is 2. The lowest BCUT2D eigenvalue weighted by Crippen LogP contribution is -2.45. The topological polar surface area (TPSA) is 63.2 Å². The number of amides is 2. The number of methoxy groups -OCH3 is 1. The van der Waals surface area contributed by atoms with Crippen LogP contribution in [0.1, 0.15) is 31.4 Å². The molecular formula is C22H26FN3O3. The molecule has 0 saturated heterocycles. The van der Waals surface area contributed by atoms with E-state index in [1.165, 1.54) is 12.1 Å². The summed E-state index contributed by atoms with van der Waals surface area (Å²) in [5, 5.41) is 7.13. The van der Waals surface area contributed by atoms with E-state index in [0.29, 0.717) is 19.5 Å². The van der Waals surface area contributed by atoms with Gasteiger partial charge in [0.05, 0.1) is 19.4 Å². The monoisotopic (exact) mass is 399 g/mol. The highest BCUT2D eigenvalue weighted by Crippen LogP contribution is 2.25. The molecule has 2 aromatic rings. The molecular weight excluding hydrogens is 373 g/mol. The third-order valence-electron chi connectivity index (χ3n) is 4.56. The lowest BCUT2D eigenvalue weighted by molar-refractivity contribution is 0.0586. The van der Waals surface area contributed by atoms with Gasteiger partial charge in [-0.05, 0) is 43.7 Å². The highest BCUT2D eigenvalue weighted by atomic mass is 19.1. The summed E-state index contributed by atoms with van der Waals surface area (Å²) in [5.41, 5.74) is 2.52. The molecule has 154 valence electrons. The van der Waals surface area contributed by atoms with Gasteiger partial charge < -0.3 is 19.8 Å². The van der Waals surface area contributed by atoms with Gasteiger partial charge in [0.1, 0.15) is 11.6 Å². The predicted molar refractivity (Wildman–Crippen MR) is 109 cm³/mol. The Kier molecular flexibility index (Phi) is 6.69.